The molecular formula is C24H19N3O3. The molecule has 1 atom stereocenters. The van der Waals surface area contributed by atoms with Gasteiger partial charge in [-0.15, -0.1) is 0 Å². The van der Waals surface area contributed by atoms with Gasteiger partial charge in [-0.25, -0.2) is 5.43 Å². The summed E-state index contributed by atoms with van der Waals surface area (Å²) in [5, 5.41) is 13.2. The van der Waals surface area contributed by atoms with Crippen molar-refractivity contribution < 1.29 is 14.3 Å². The molecule has 0 spiro atoms. The van der Waals surface area contributed by atoms with Gasteiger partial charge in [-0.1, -0.05) is 42.5 Å². The topological polar surface area (TPSA) is 83.7 Å². The van der Waals surface area contributed by atoms with Crippen molar-refractivity contribution in [2.24, 2.45) is 5.10 Å². The van der Waals surface area contributed by atoms with E-state index in [9.17, 15) is 4.79 Å². The first kappa shape index (κ1) is 19.2. The van der Waals surface area contributed by atoms with E-state index in [1.54, 1.807) is 24.3 Å². The highest BCUT2D eigenvalue weighted by atomic mass is 16.5. The van der Waals surface area contributed by atoms with Crippen molar-refractivity contribution in [3.63, 3.8) is 0 Å². The SMILES string of the molecule is N#Cc1ccc(OCC(=O)N/N=C2\CC(c3ccccc3)Oc3ccccc32)cc1. The number of carbonyl (C=O) groups is 1. The number of para-hydroxylation sites is 1. The minimum Gasteiger partial charge on any atom is -0.485 e. The second kappa shape index (κ2) is 8.93. The molecule has 1 aliphatic heterocycles. The van der Waals surface area contributed by atoms with Crippen molar-refractivity contribution in [2.75, 3.05) is 6.61 Å². The first-order chi connectivity index (χ1) is 14.7. The highest BCUT2D eigenvalue weighted by molar-refractivity contribution is 6.04. The number of amides is 1. The Morgan fingerprint density at radius 2 is 1.80 bits per heavy atom. The average molecular weight is 397 g/mol. The van der Waals surface area contributed by atoms with E-state index in [0.717, 1.165) is 22.6 Å². The molecular weight excluding hydrogens is 378 g/mol. The lowest BCUT2D eigenvalue weighted by molar-refractivity contribution is -0.123. The number of fused-ring (bicyclic) bond motifs is 1. The predicted octanol–water partition coefficient (Wildman–Crippen LogP) is 3.98. The van der Waals surface area contributed by atoms with Crippen LogP contribution in [-0.2, 0) is 4.79 Å². The molecule has 148 valence electrons. The van der Waals surface area contributed by atoms with Gasteiger partial charge in [0.05, 0.1) is 17.3 Å². The van der Waals surface area contributed by atoms with E-state index in [2.05, 4.69) is 10.5 Å². The molecule has 0 fully saturated rings. The molecule has 3 aromatic rings. The van der Waals surface area contributed by atoms with E-state index in [1.165, 1.54) is 0 Å². The standard InChI is InChI=1S/C24H19N3O3/c25-15-17-10-12-19(13-11-17)29-16-24(28)27-26-21-14-23(18-6-2-1-3-7-18)30-22-9-5-4-8-20(21)22/h1-13,23H,14,16H2,(H,27,28)/b26-21+. The molecule has 1 aliphatic rings. The largest absolute Gasteiger partial charge is 0.485 e. The van der Waals surface area contributed by atoms with Crippen molar-refractivity contribution in [1.82, 2.24) is 5.43 Å². The van der Waals surface area contributed by atoms with Crippen LogP contribution in [0.15, 0.2) is 84.0 Å². The number of nitrogens with zero attached hydrogens (tertiary/aromatic N) is 2. The van der Waals surface area contributed by atoms with E-state index in [4.69, 9.17) is 14.7 Å². The van der Waals surface area contributed by atoms with E-state index in [1.807, 2.05) is 60.7 Å². The van der Waals surface area contributed by atoms with Gasteiger partial charge in [-0.3, -0.25) is 4.79 Å². The van der Waals surface area contributed by atoms with Crippen molar-refractivity contribution in [3.8, 4) is 17.6 Å². The van der Waals surface area contributed by atoms with Crippen molar-refractivity contribution in [2.45, 2.75) is 12.5 Å². The average Bonchev–Trinajstić information content (AvgIpc) is 2.82. The molecule has 30 heavy (non-hydrogen) atoms. The Morgan fingerprint density at radius 1 is 1.07 bits per heavy atom. The summed E-state index contributed by atoms with van der Waals surface area (Å²) in [4.78, 5) is 12.2. The van der Waals surface area contributed by atoms with Gasteiger partial charge in [0, 0.05) is 12.0 Å². The fourth-order valence-electron chi connectivity index (χ4n) is 3.18. The normalized spacial score (nSPS) is 16.1. The van der Waals surface area contributed by atoms with Crippen molar-refractivity contribution in [1.29, 1.82) is 5.26 Å². The summed E-state index contributed by atoms with van der Waals surface area (Å²) in [5.74, 6) is 0.879. The summed E-state index contributed by atoms with van der Waals surface area (Å²) in [7, 11) is 0. The molecule has 0 radical (unpaired) electrons. The van der Waals surface area contributed by atoms with Crippen LogP contribution in [0.25, 0.3) is 0 Å². The summed E-state index contributed by atoms with van der Waals surface area (Å²) in [6.07, 6.45) is 0.365. The number of nitrogens with one attached hydrogen (secondary N) is 1. The van der Waals surface area contributed by atoms with Crippen LogP contribution in [0.1, 0.15) is 29.2 Å². The van der Waals surface area contributed by atoms with Gasteiger partial charge in [0.15, 0.2) is 6.61 Å². The van der Waals surface area contributed by atoms with E-state index < -0.39 is 0 Å². The van der Waals surface area contributed by atoms with Gasteiger partial charge in [-0.2, -0.15) is 10.4 Å². The maximum absolute atomic E-state index is 12.2. The molecule has 3 aromatic carbocycles. The number of rotatable bonds is 5. The number of hydrogen-bond donors (Lipinski definition) is 1. The van der Waals surface area contributed by atoms with E-state index in [-0.39, 0.29) is 18.6 Å². The summed E-state index contributed by atoms with van der Waals surface area (Å²) >= 11 is 0. The summed E-state index contributed by atoms with van der Waals surface area (Å²) in [6.45, 7) is -0.178. The van der Waals surface area contributed by atoms with Crippen LogP contribution < -0.4 is 14.9 Å². The number of hydrazone groups is 1. The molecule has 6 nitrogen and oxygen atoms in total. The van der Waals surface area contributed by atoms with Crippen LogP contribution in [0, 0.1) is 11.3 Å². The molecule has 1 N–H and O–H groups in total. The minimum atomic E-state index is -0.368. The molecule has 0 bridgehead atoms. The van der Waals surface area contributed by atoms with Crippen LogP contribution in [-0.4, -0.2) is 18.2 Å². The van der Waals surface area contributed by atoms with Gasteiger partial charge < -0.3 is 9.47 Å². The van der Waals surface area contributed by atoms with Crippen LogP contribution in [0.2, 0.25) is 0 Å². The van der Waals surface area contributed by atoms with Gasteiger partial charge in [-0.05, 0) is 42.0 Å². The first-order valence-corrected chi connectivity index (χ1v) is 9.52. The van der Waals surface area contributed by atoms with Crippen LogP contribution in [0.4, 0.5) is 0 Å². The number of benzene rings is 3. The molecule has 0 saturated carbocycles. The van der Waals surface area contributed by atoms with Crippen LogP contribution in [0.5, 0.6) is 11.5 Å². The van der Waals surface area contributed by atoms with E-state index >= 15 is 0 Å². The molecule has 6 heteroatoms. The zero-order valence-corrected chi connectivity index (χ0v) is 16.1. The highest BCUT2D eigenvalue weighted by Gasteiger charge is 2.26. The minimum absolute atomic E-state index is 0.174. The highest BCUT2D eigenvalue weighted by Crippen LogP contribution is 2.34. The molecule has 0 aliphatic carbocycles. The maximum atomic E-state index is 12.2. The third kappa shape index (κ3) is 4.47. The monoisotopic (exact) mass is 397 g/mol. The van der Waals surface area contributed by atoms with Crippen molar-refractivity contribution >= 4 is 11.6 Å². The molecule has 1 unspecified atom stereocenters. The molecule has 4 rings (SSSR count). The van der Waals surface area contributed by atoms with Gasteiger partial charge in [0.25, 0.3) is 5.91 Å². The lowest BCUT2D eigenvalue weighted by atomic mass is 9.96. The predicted molar refractivity (Wildman–Crippen MR) is 112 cm³/mol. The second-order valence-corrected chi connectivity index (χ2v) is 6.74. The summed E-state index contributed by atoms with van der Waals surface area (Å²) < 4.78 is 11.6. The van der Waals surface area contributed by atoms with Gasteiger partial charge >= 0.3 is 0 Å². The lowest BCUT2D eigenvalue weighted by Crippen LogP contribution is -2.28. The second-order valence-electron chi connectivity index (χ2n) is 6.74. The molecule has 1 heterocycles. The van der Waals surface area contributed by atoms with Crippen molar-refractivity contribution in [3.05, 3.63) is 95.6 Å². The molecule has 0 saturated heterocycles. The Balaban J connectivity index is 1.44. The van der Waals surface area contributed by atoms with Gasteiger partial charge in [0.2, 0.25) is 0 Å². The summed E-state index contributed by atoms with van der Waals surface area (Å²) in [6, 6.07) is 26.2. The number of carbonyl (C=O) groups excluding carboxylic acids is 1. The Labute approximate surface area is 174 Å². The Kier molecular flexibility index (Phi) is 5.72. The third-order valence-electron chi connectivity index (χ3n) is 4.69. The first-order valence-electron chi connectivity index (χ1n) is 9.52. The maximum Gasteiger partial charge on any atom is 0.277 e. The molecule has 1 amide bonds. The third-order valence-corrected chi connectivity index (χ3v) is 4.69. The Hall–Kier alpha value is -4.11. The molecule has 0 aromatic heterocycles. The fourth-order valence-corrected chi connectivity index (χ4v) is 3.18. The summed E-state index contributed by atoms with van der Waals surface area (Å²) in [5.41, 5.74) is 5.76. The number of nitriles is 1. The quantitative estimate of drug-likeness (QED) is 0.660. The smallest absolute Gasteiger partial charge is 0.277 e. The van der Waals surface area contributed by atoms with E-state index in [0.29, 0.717) is 17.7 Å². The zero-order chi connectivity index (χ0) is 20.8. The lowest BCUT2D eigenvalue weighted by Gasteiger charge is -2.27. The fraction of sp³-hybridized carbons (Fsp3) is 0.125. The Morgan fingerprint density at radius 3 is 2.57 bits per heavy atom. The zero-order valence-electron chi connectivity index (χ0n) is 16.1. The van der Waals surface area contributed by atoms with Crippen LogP contribution in [0.3, 0.4) is 0 Å². The number of ether oxygens (including phenoxy) is 2. The number of hydrogen-bond acceptors (Lipinski definition) is 5. The van der Waals surface area contributed by atoms with Gasteiger partial charge in [0.1, 0.15) is 17.6 Å². The van der Waals surface area contributed by atoms with Crippen LogP contribution >= 0.6 is 0 Å². The Bertz CT molecular complexity index is 1100.